The number of unbranched alkanes of at least 4 members (excludes halogenated alkanes) is 2. The molecule has 14 heavy (non-hydrogen) atoms. The highest BCUT2D eigenvalue weighted by molar-refractivity contribution is 8.13. The van der Waals surface area contributed by atoms with E-state index in [0.29, 0.717) is 19.3 Å². The predicted octanol–water partition coefficient (Wildman–Crippen LogP) is 2.01. The zero-order valence-electron chi connectivity index (χ0n) is 7.59. The van der Waals surface area contributed by atoms with E-state index >= 15 is 0 Å². The van der Waals surface area contributed by atoms with Gasteiger partial charge in [-0.3, -0.25) is 0 Å². The summed E-state index contributed by atoms with van der Waals surface area (Å²) in [7, 11) is 1.54. The Morgan fingerprint density at radius 3 is 2.36 bits per heavy atom. The van der Waals surface area contributed by atoms with Gasteiger partial charge < -0.3 is 4.74 Å². The van der Waals surface area contributed by atoms with Crippen LogP contribution in [-0.4, -0.2) is 33.8 Å². The van der Waals surface area contributed by atoms with Gasteiger partial charge in [-0.05, 0) is 12.8 Å². The molecular formula is C7H13ClF2O3S. The first-order valence-electron chi connectivity index (χ1n) is 4.20. The van der Waals surface area contributed by atoms with Crippen molar-refractivity contribution in [3.8, 4) is 0 Å². The molecule has 0 unspecified atom stereocenters. The van der Waals surface area contributed by atoms with Crippen molar-refractivity contribution in [1.29, 1.82) is 0 Å². The number of alkyl halides is 2. The standard InChI is InChI=1S/C7H13ClF2O3S/c8-14(11,12)5-3-1-2-4-13-6-7(9)10/h7H,1-6H2. The Morgan fingerprint density at radius 1 is 1.21 bits per heavy atom. The van der Waals surface area contributed by atoms with Gasteiger partial charge in [0.1, 0.15) is 6.61 Å². The lowest BCUT2D eigenvalue weighted by Gasteiger charge is -2.02. The molecule has 0 aromatic heterocycles. The summed E-state index contributed by atoms with van der Waals surface area (Å²) in [5, 5.41) is 0. The van der Waals surface area contributed by atoms with E-state index in [1.165, 1.54) is 0 Å². The summed E-state index contributed by atoms with van der Waals surface area (Å²) in [5.74, 6) is -0.0800. The van der Waals surface area contributed by atoms with Gasteiger partial charge in [-0.25, -0.2) is 17.2 Å². The summed E-state index contributed by atoms with van der Waals surface area (Å²) >= 11 is 0. The van der Waals surface area contributed by atoms with Crippen LogP contribution in [0.2, 0.25) is 0 Å². The second-order valence-electron chi connectivity index (χ2n) is 2.77. The molecule has 0 radical (unpaired) electrons. The largest absolute Gasteiger partial charge is 0.376 e. The van der Waals surface area contributed by atoms with Gasteiger partial charge in [0.2, 0.25) is 9.05 Å². The molecule has 86 valence electrons. The number of rotatable bonds is 8. The molecule has 0 aliphatic heterocycles. The van der Waals surface area contributed by atoms with Gasteiger partial charge in [-0.1, -0.05) is 6.42 Å². The van der Waals surface area contributed by atoms with Gasteiger partial charge in [0.05, 0.1) is 5.75 Å². The van der Waals surface area contributed by atoms with Crippen LogP contribution in [0.25, 0.3) is 0 Å². The highest BCUT2D eigenvalue weighted by Gasteiger charge is 2.04. The van der Waals surface area contributed by atoms with Crippen LogP contribution in [0.5, 0.6) is 0 Å². The predicted molar refractivity (Wildman–Crippen MR) is 50.3 cm³/mol. The molecule has 0 rings (SSSR count). The quantitative estimate of drug-likeness (QED) is 0.489. The first kappa shape index (κ1) is 14.1. The van der Waals surface area contributed by atoms with Crippen LogP contribution in [0.3, 0.4) is 0 Å². The average Bonchev–Trinajstić information content (AvgIpc) is 2.00. The van der Waals surface area contributed by atoms with E-state index in [9.17, 15) is 17.2 Å². The van der Waals surface area contributed by atoms with E-state index in [-0.39, 0.29) is 12.4 Å². The van der Waals surface area contributed by atoms with Crippen LogP contribution in [0.1, 0.15) is 19.3 Å². The van der Waals surface area contributed by atoms with Crippen molar-refractivity contribution < 1.29 is 21.9 Å². The zero-order chi connectivity index (χ0) is 11.0. The summed E-state index contributed by atoms with van der Waals surface area (Å²) in [5.41, 5.74) is 0. The van der Waals surface area contributed by atoms with Gasteiger partial charge in [0, 0.05) is 17.3 Å². The molecular weight excluding hydrogens is 238 g/mol. The van der Waals surface area contributed by atoms with Crippen molar-refractivity contribution in [1.82, 2.24) is 0 Å². The third kappa shape index (κ3) is 12.1. The normalized spacial score (nSPS) is 12.3. The molecule has 0 N–H and O–H groups in total. The van der Waals surface area contributed by atoms with Crippen molar-refractivity contribution >= 4 is 19.7 Å². The summed E-state index contributed by atoms with van der Waals surface area (Å²) in [6.07, 6.45) is -0.837. The number of ether oxygens (including phenoxy) is 1. The van der Waals surface area contributed by atoms with Crippen LogP contribution in [0.4, 0.5) is 8.78 Å². The highest BCUT2D eigenvalue weighted by atomic mass is 35.7. The minimum Gasteiger partial charge on any atom is -0.376 e. The van der Waals surface area contributed by atoms with Crippen molar-refractivity contribution in [2.45, 2.75) is 25.7 Å². The molecule has 0 fully saturated rings. The van der Waals surface area contributed by atoms with Crippen LogP contribution in [0, 0.1) is 0 Å². The molecule has 0 spiro atoms. The van der Waals surface area contributed by atoms with Gasteiger partial charge in [0.25, 0.3) is 6.43 Å². The first-order chi connectivity index (χ1) is 6.42. The van der Waals surface area contributed by atoms with Crippen LogP contribution in [-0.2, 0) is 13.8 Å². The minimum atomic E-state index is -3.42. The Morgan fingerprint density at radius 2 is 1.86 bits per heavy atom. The maximum absolute atomic E-state index is 11.5. The molecule has 0 aliphatic carbocycles. The Hall–Kier alpha value is 0.0600. The Labute approximate surface area is 86.8 Å². The molecule has 0 amide bonds. The lowest BCUT2D eigenvalue weighted by Crippen LogP contribution is -2.05. The second kappa shape index (κ2) is 7.36. The molecule has 3 nitrogen and oxygen atoms in total. The van der Waals surface area contributed by atoms with E-state index in [1.54, 1.807) is 0 Å². The van der Waals surface area contributed by atoms with Gasteiger partial charge >= 0.3 is 0 Å². The van der Waals surface area contributed by atoms with E-state index in [0.717, 1.165) is 0 Å². The Bertz CT molecular complexity index is 231. The van der Waals surface area contributed by atoms with Crippen LogP contribution < -0.4 is 0 Å². The molecule has 0 bridgehead atoms. The van der Waals surface area contributed by atoms with Crippen molar-refractivity contribution in [3.05, 3.63) is 0 Å². The fourth-order valence-electron chi connectivity index (χ4n) is 0.828. The number of hydrogen-bond acceptors (Lipinski definition) is 3. The monoisotopic (exact) mass is 250 g/mol. The summed E-state index contributed by atoms with van der Waals surface area (Å²) in [4.78, 5) is 0. The first-order valence-corrected chi connectivity index (χ1v) is 6.68. The van der Waals surface area contributed by atoms with Crippen molar-refractivity contribution in [2.24, 2.45) is 0 Å². The van der Waals surface area contributed by atoms with Gasteiger partial charge in [0.15, 0.2) is 0 Å². The van der Waals surface area contributed by atoms with E-state index in [4.69, 9.17) is 10.7 Å². The third-order valence-electron chi connectivity index (χ3n) is 1.42. The lowest BCUT2D eigenvalue weighted by molar-refractivity contribution is 0.0163. The van der Waals surface area contributed by atoms with Crippen molar-refractivity contribution in [2.75, 3.05) is 19.0 Å². The SMILES string of the molecule is O=S(=O)(Cl)CCCCCOCC(F)F. The van der Waals surface area contributed by atoms with E-state index < -0.39 is 22.1 Å². The zero-order valence-corrected chi connectivity index (χ0v) is 9.16. The molecule has 7 heteroatoms. The molecule has 0 saturated heterocycles. The molecule has 0 heterocycles. The lowest BCUT2D eigenvalue weighted by atomic mass is 10.3. The maximum atomic E-state index is 11.5. The molecule has 0 aromatic carbocycles. The maximum Gasteiger partial charge on any atom is 0.261 e. The van der Waals surface area contributed by atoms with Crippen LogP contribution >= 0.6 is 10.7 Å². The third-order valence-corrected chi connectivity index (χ3v) is 2.66. The highest BCUT2D eigenvalue weighted by Crippen LogP contribution is 2.04. The molecule has 0 aliphatic rings. The fourth-order valence-corrected chi connectivity index (χ4v) is 1.70. The van der Waals surface area contributed by atoms with E-state index in [1.807, 2.05) is 0 Å². The topological polar surface area (TPSA) is 43.4 Å². The summed E-state index contributed by atoms with van der Waals surface area (Å²) in [6.45, 7) is -0.333. The summed E-state index contributed by atoms with van der Waals surface area (Å²) < 4.78 is 48.6. The minimum absolute atomic E-state index is 0.0800. The van der Waals surface area contributed by atoms with Gasteiger partial charge in [-0.2, -0.15) is 0 Å². The Kier molecular flexibility index (Phi) is 7.40. The van der Waals surface area contributed by atoms with Gasteiger partial charge in [-0.15, -0.1) is 0 Å². The second-order valence-corrected chi connectivity index (χ2v) is 5.67. The van der Waals surface area contributed by atoms with Crippen molar-refractivity contribution in [3.63, 3.8) is 0 Å². The Balaban J connectivity index is 3.15. The average molecular weight is 251 g/mol. The van der Waals surface area contributed by atoms with Crippen LogP contribution in [0.15, 0.2) is 0 Å². The van der Waals surface area contributed by atoms with E-state index in [2.05, 4.69) is 4.74 Å². The molecule has 0 saturated carbocycles. The molecule has 0 aromatic rings. The fraction of sp³-hybridized carbons (Fsp3) is 1.00. The summed E-state index contributed by atoms with van der Waals surface area (Å²) in [6, 6.07) is 0. The number of hydrogen-bond donors (Lipinski definition) is 0. The number of halogens is 3. The smallest absolute Gasteiger partial charge is 0.261 e. The molecule has 0 atom stereocenters.